The maximum Gasteiger partial charge on any atom is 0.130 e. The van der Waals surface area contributed by atoms with Crippen molar-refractivity contribution >= 4 is 5.97 Å². The molecule has 0 N–H and O–H groups in total. The normalized spacial score (nSPS) is 9.50. The van der Waals surface area contributed by atoms with Gasteiger partial charge >= 0.3 is 0 Å². The average Bonchev–Trinajstić information content (AvgIpc) is 2.03. The summed E-state index contributed by atoms with van der Waals surface area (Å²) in [6.45, 7) is 1.78. The second-order valence-electron chi connectivity index (χ2n) is 2.44. The van der Waals surface area contributed by atoms with E-state index in [-0.39, 0.29) is 5.56 Å². The Bertz CT molecular complexity index is 305. The highest BCUT2D eigenvalue weighted by atomic mass is 16.5. The van der Waals surface area contributed by atoms with Crippen LogP contribution in [-0.2, 0) is 0 Å². The van der Waals surface area contributed by atoms with Gasteiger partial charge in [-0.3, -0.25) is 0 Å². The lowest BCUT2D eigenvalue weighted by Crippen LogP contribution is -2.23. The van der Waals surface area contributed by atoms with Crippen molar-refractivity contribution in [3.63, 3.8) is 0 Å². The van der Waals surface area contributed by atoms with E-state index in [1.54, 1.807) is 19.1 Å². The van der Waals surface area contributed by atoms with Gasteiger partial charge in [0.25, 0.3) is 0 Å². The van der Waals surface area contributed by atoms with Crippen molar-refractivity contribution in [1.29, 1.82) is 0 Å². The van der Waals surface area contributed by atoms with E-state index in [9.17, 15) is 9.90 Å². The van der Waals surface area contributed by atoms with Crippen LogP contribution < -0.4 is 9.84 Å². The Morgan fingerprint density at radius 2 is 2.17 bits per heavy atom. The third-order valence-corrected chi connectivity index (χ3v) is 1.64. The molecular formula is C9H9O3-. The zero-order valence-electron chi connectivity index (χ0n) is 6.96. The molecule has 0 amide bonds. The molecule has 0 saturated carbocycles. The first kappa shape index (κ1) is 8.59. The van der Waals surface area contributed by atoms with Crippen LogP contribution in [0.15, 0.2) is 18.2 Å². The average molecular weight is 165 g/mol. The molecule has 0 fully saturated rings. The highest BCUT2D eigenvalue weighted by Gasteiger charge is 2.04. The van der Waals surface area contributed by atoms with Crippen LogP contribution in [0.3, 0.4) is 0 Å². The summed E-state index contributed by atoms with van der Waals surface area (Å²) in [4.78, 5) is 10.5. The first-order valence-electron chi connectivity index (χ1n) is 3.51. The second-order valence-corrected chi connectivity index (χ2v) is 2.44. The molecule has 12 heavy (non-hydrogen) atoms. The molecule has 0 aromatic heterocycles. The first-order chi connectivity index (χ1) is 5.66. The quantitative estimate of drug-likeness (QED) is 0.636. The van der Waals surface area contributed by atoms with Gasteiger partial charge < -0.3 is 14.6 Å². The summed E-state index contributed by atoms with van der Waals surface area (Å²) >= 11 is 0. The van der Waals surface area contributed by atoms with E-state index in [1.165, 1.54) is 13.2 Å². The molecule has 0 bridgehead atoms. The first-order valence-corrected chi connectivity index (χ1v) is 3.51. The molecule has 64 valence electrons. The molecule has 0 unspecified atom stereocenters. The Labute approximate surface area is 70.6 Å². The minimum atomic E-state index is -1.21. The predicted octanol–water partition coefficient (Wildman–Crippen LogP) is 0.367. The maximum atomic E-state index is 10.5. The molecule has 0 spiro atoms. The fourth-order valence-electron chi connectivity index (χ4n) is 1.08. The molecule has 1 aromatic carbocycles. The minimum absolute atomic E-state index is 0.0949. The number of aromatic carboxylic acids is 1. The number of benzene rings is 1. The van der Waals surface area contributed by atoms with Gasteiger partial charge in [-0.1, -0.05) is 12.1 Å². The van der Waals surface area contributed by atoms with Crippen LogP contribution in [0.1, 0.15) is 15.9 Å². The van der Waals surface area contributed by atoms with E-state index in [0.717, 1.165) is 5.56 Å². The molecule has 0 atom stereocenters. The van der Waals surface area contributed by atoms with E-state index >= 15 is 0 Å². The van der Waals surface area contributed by atoms with Gasteiger partial charge in [0.1, 0.15) is 5.75 Å². The van der Waals surface area contributed by atoms with Gasteiger partial charge in [-0.2, -0.15) is 0 Å². The zero-order chi connectivity index (χ0) is 9.14. The highest BCUT2D eigenvalue weighted by molar-refractivity contribution is 5.89. The molecule has 0 radical (unpaired) electrons. The number of para-hydroxylation sites is 1. The Morgan fingerprint density at radius 3 is 2.58 bits per heavy atom. The maximum absolute atomic E-state index is 10.5. The Morgan fingerprint density at radius 1 is 1.50 bits per heavy atom. The minimum Gasteiger partial charge on any atom is -0.545 e. The summed E-state index contributed by atoms with van der Waals surface area (Å²) in [7, 11) is 1.44. The second kappa shape index (κ2) is 3.26. The molecule has 0 aliphatic rings. The molecule has 0 saturated heterocycles. The van der Waals surface area contributed by atoms with Crippen molar-refractivity contribution in [2.45, 2.75) is 6.92 Å². The molecular weight excluding hydrogens is 156 g/mol. The van der Waals surface area contributed by atoms with E-state index in [2.05, 4.69) is 0 Å². The summed E-state index contributed by atoms with van der Waals surface area (Å²) in [5.41, 5.74) is 0.886. The number of carbonyl (C=O) groups excluding carboxylic acids is 1. The van der Waals surface area contributed by atoms with Gasteiger partial charge in [0, 0.05) is 5.56 Å². The van der Waals surface area contributed by atoms with Crippen molar-refractivity contribution in [3.8, 4) is 5.75 Å². The number of methoxy groups -OCH3 is 1. The zero-order valence-corrected chi connectivity index (χ0v) is 6.96. The van der Waals surface area contributed by atoms with Crippen LogP contribution in [0, 0.1) is 6.92 Å². The third-order valence-electron chi connectivity index (χ3n) is 1.64. The van der Waals surface area contributed by atoms with Crippen molar-refractivity contribution in [1.82, 2.24) is 0 Å². The predicted molar refractivity (Wildman–Crippen MR) is 42.1 cm³/mol. The molecule has 0 heterocycles. The highest BCUT2D eigenvalue weighted by Crippen LogP contribution is 2.21. The summed E-state index contributed by atoms with van der Waals surface area (Å²) in [6, 6.07) is 4.90. The summed E-state index contributed by atoms with van der Waals surface area (Å²) in [5, 5.41) is 10.5. The number of carboxylic acids is 1. The number of aryl methyl sites for hydroxylation is 1. The van der Waals surface area contributed by atoms with Gasteiger partial charge in [0.15, 0.2) is 0 Å². The Hall–Kier alpha value is -1.51. The fourth-order valence-corrected chi connectivity index (χ4v) is 1.08. The monoisotopic (exact) mass is 165 g/mol. The van der Waals surface area contributed by atoms with E-state index in [0.29, 0.717) is 5.75 Å². The number of carbonyl (C=O) groups is 1. The lowest BCUT2D eigenvalue weighted by Gasteiger charge is -2.10. The van der Waals surface area contributed by atoms with Crippen LogP contribution in [0.5, 0.6) is 5.75 Å². The molecule has 0 aliphatic heterocycles. The molecule has 3 nitrogen and oxygen atoms in total. The Balaban J connectivity index is 3.27. The lowest BCUT2D eigenvalue weighted by molar-refractivity contribution is -0.255. The molecule has 1 rings (SSSR count). The molecule has 0 aliphatic carbocycles. The molecule has 3 heteroatoms. The van der Waals surface area contributed by atoms with Gasteiger partial charge in [0.05, 0.1) is 13.1 Å². The van der Waals surface area contributed by atoms with Gasteiger partial charge in [-0.15, -0.1) is 0 Å². The van der Waals surface area contributed by atoms with Crippen molar-refractivity contribution < 1.29 is 14.6 Å². The van der Waals surface area contributed by atoms with Crippen molar-refractivity contribution in [2.24, 2.45) is 0 Å². The number of ether oxygens (including phenoxy) is 1. The number of carboxylic acid groups (broad SMARTS) is 1. The van der Waals surface area contributed by atoms with Crippen molar-refractivity contribution in [2.75, 3.05) is 7.11 Å². The SMILES string of the molecule is COc1c(C)cccc1C(=O)[O-]. The number of rotatable bonds is 2. The Kier molecular flexibility index (Phi) is 2.33. The largest absolute Gasteiger partial charge is 0.545 e. The third kappa shape index (κ3) is 1.39. The van der Waals surface area contributed by atoms with Crippen molar-refractivity contribution in [3.05, 3.63) is 29.3 Å². The van der Waals surface area contributed by atoms with Crippen LogP contribution in [-0.4, -0.2) is 13.1 Å². The van der Waals surface area contributed by atoms with Gasteiger partial charge in [0.2, 0.25) is 0 Å². The van der Waals surface area contributed by atoms with Gasteiger partial charge in [-0.25, -0.2) is 0 Å². The summed E-state index contributed by atoms with van der Waals surface area (Å²) in [5.74, 6) is -0.840. The summed E-state index contributed by atoms with van der Waals surface area (Å²) < 4.78 is 4.92. The fraction of sp³-hybridized carbons (Fsp3) is 0.222. The van der Waals surface area contributed by atoms with E-state index < -0.39 is 5.97 Å². The van der Waals surface area contributed by atoms with Crippen LogP contribution in [0.25, 0.3) is 0 Å². The topological polar surface area (TPSA) is 49.4 Å². The van der Waals surface area contributed by atoms with E-state index in [4.69, 9.17) is 4.74 Å². The molecule has 1 aromatic rings. The van der Waals surface area contributed by atoms with Crippen LogP contribution in [0.4, 0.5) is 0 Å². The van der Waals surface area contributed by atoms with E-state index in [1.807, 2.05) is 0 Å². The van der Waals surface area contributed by atoms with Gasteiger partial charge in [-0.05, 0) is 18.6 Å². The number of hydrogen-bond acceptors (Lipinski definition) is 3. The lowest BCUT2D eigenvalue weighted by atomic mass is 10.1. The number of hydrogen-bond donors (Lipinski definition) is 0. The summed E-state index contributed by atoms with van der Waals surface area (Å²) in [6.07, 6.45) is 0. The van der Waals surface area contributed by atoms with Crippen LogP contribution in [0.2, 0.25) is 0 Å². The van der Waals surface area contributed by atoms with Crippen LogP contribution >= 0.6 is 0 Å². The standard InChI is InChI=1S/C9H10O3/c1-6-4-3-5-7(9(10)11)8(6)12-2/h3-5H,1-2H3,(H,10,11)/p-1. The smallest absolute Gasteiger partial charge is 0.130 e.